The summed E-state index contributed by atoms with van der Waals surface area (Å²) in [4.78, 5) is 23.0. The molecule has 0 aliphatic rings. The lowest BCUT2D eigenvalue weighted by Gasteiger charge is -2.15. The Labute approximate surface area is 119 Å². The summed E-state index contributed by atoms with van der Waals surface area (Å²) in [6, 6.07) is 5.97. The van der Waals surface area contributed by atoms with Crippen LogP contribution in [0.4, 0.5) is 0 Å². The van der Waals surface area contributed by atoms with E-state index >= 15 is 0 Å². The van der Waals surface area contributed by atoms with Crippen molar-refractivity contribution >= 4 is 11.7 Å². The molecule has 0 fully saturated rings. The summed E-state index contributed by atoms with van der Waals surface area (Å²) in [6.45, 7) is 4.09. The minimum absolute atomic E-state index is 0.0666. The van der Waals surface area contributed by atoms with Crippen LogP contribution in [0.15, 0.2) is 24.3 Å². The molecule has 0 unspecified atom stereocenters. The first kappa shape index (κ1) is 16.2. The van der Waals surface area contributed by atoms with E-state index in [4.69, 9.17) is 5.73 Å². The molecular weight excluding hydrogens is 256 g/mol. The number of hydrogen-bond donors (Lipinski definition) is 3. The highest BCUT2D eigenvalue weighted by Crippen LogP contribution is 2.11. The van der Waals surface area contributed by atoms with Gasteiger partial charge in [-0.2, -0.15) is 0 Å². The average Bonchev–Trinajstić information content (AvgIpc) is 2.35. The van der Waals surface area contributed by atoms with Gasteiger partial charge in [-0.25, -0.2) is 0 Å². The number of phenols is 1. The number of ketones is 1. The van der Waals surface area contributed by atoms with Crippen molar-refractivity contribution in [1.82, 2.24) is 5.32 Å². The number of nitrogens with two attached hydrogens (primary N) is 1. The van der Waals surface area contributed by atoms with E-state index in [0.717, 1.165) is 5.56 Å². The molecule has 1 aromatic carbocycles. The second-order valence-electron chi connectivity index (χ2n) is 5.34. The number of phenolic OH excluding ortho intramolecular Hbond substituents is 1. The molecule has 1 atom stereocenters. The van der Waals surface area contributed by atoms with Gasteiger partial charge < -0.3 is 10.8 Å². The van der Waals surface area contributed by atoms with E-state index in [1.165, 1.54) is 0 Å². The predicted octanol–water partition coefficient (Wildman–Crippen LogP) is 0.993. The molecule has 0 spiro atoms. The second-order valence-corrected chi connectivity index (χ2v) is 5.34. The summed E-state index contributed by atoms with van der Waals surface area (Å²) in [5.41, 5.74) is 6.21. The number of hydrogen-bond acceptors (Lipinski definition) is 4. The van der Waals surface area contributed by atoms with E-state index < -0.39 is 11.9 Å². The third-order valence-electron chi connectivity index (χ3n) is 2.90. The topological polar surface area (TPSA) is 92.4 Å². The van der Waals surface area contributed by atoms with Gasteiger partial charge in [-0.1, -0.05) is 26.0 Å². The maximum atomic E-state index is 11.6. The summed E-state index contributed by atoms with van der Waals surface area (Å²) >= 11 is 0. The Bertz CT molecular complexity index is 455. The van der Waals surface area contributed by atoms with Crippen LogP contribution in [0.1, 0.15) is 25.8 Å². The molecule has 4 N–H and O–H groups in total. The van der Waals surface area contributed by atoms with Crippen LogP contribution in [0.25, 0.3) is 0 Å². The Morgan fingerprint density at radius 3 is 2.35 bits per heavy atom. The zero-order chi connectivity index (χ0) is 15.1. The van der Waals surface area contributed by atoms with Gasteiger partial charge in [0.25, 0.3) is 0 Å². The lowest BCUT2D eigenvalue weighted by atomic mass is 10.0. The number of Topliss-reactive ketones (excluding diaryl/α,β-unsaturated/α-hetero) is 1. The molecule has 20 heavy (non-hydrogen) atoms. The van der Waals surface area contributed by atoms with Crippen molar-refractivity contribution in [2.24, 2.45) is 11.7 Å². The average molecular weight is 278 g/mol. The van der Waals surface area contributed by atoms with Gasteiger partial charge in [0.2, 0.25) is 5.91 Å². The number of benzene rings is 1. The van der Waals surface area contributed by atoms with Crippen LogP contribution < -0.4 is 11.1 Å². The maximum absolute atomic E-state index is 11.6. The number of aromatic hydroxyl groups is 1. The minimum Gasteiger partial charge on any atom is -0.508 e. The fourth-order valence-electron chi connectivity index (χ4n) is 1.91. The largest absolute Gasteiger partial charge is 0.508 e. The first-order chi connectivity index (χ1) is 9.38. The number of carbonyl (C=O) groups is 2. The Morgan fingerprint density at radius 1 is 1.25 bits per heavy atom. The molecule has 0 saturated carbocycles. The van der Waals surface area contributed by atoms with Crippen LogP contribution in [0.5, 0.6) is 5.75 Å². The Balaban J connectivity index is 2.55. The third-order valence-corrected chi connectivity index (χ3v) is 2.90. The monoisotopic (exact) mass is 278 g/mol. The number of primary amides is 1. The summed E-state index contributed by atoms with van der Waals surface area (Å²) in [5.74, 6) is 0.0465. The lowest BCUT2D eigenvalue weighted by molar-refractivity contribution is -0.121. The quantitative estimate of drug-likeness (QED) is 0.661. The van der Waals surface area contributed by atoms with Crippen LogP contribution in [0.3, 0.4) is 0 Å². The maximum Gasteiger partial charge on any atom is 0.234 e. The van der Waals surface area contributed by atoms with Gasteiger partial charge in [0.15, 0.2) is 0 Å². The first-order valence-corrected chi connectivity index (χ1v) is 6.70. The van der Waals surface area contributed by atoms with Gasteiger partial charge in [0.1, 0.15) is 11.5 Å². The lowest BCUT2D eigenvalue weighted by Crippen LogP contribution is -2.45. The number of nitrogens with one attached hydrogen (secondary N) is 1. The highest BCUT2D eigenvalue weighted by atomic mass is 16.3. The Morgan fingerprint density at radius 2 is 1.85 bits per heavy atom. The van der Waals surface area contributed by atoms with Gasteiger partial charge in [0.05, 0.1) is 12.6 Å². The van der Waals surface area contributed by atoms with Crippen LogP contribution in [0.2, 0.25) is 0 Å². The smallest absolute Gasteiger partial charge is 0.234 e. The van der Waals surface area contributed by atoms with Crippen molar-refractivity contribution in [2.75, 3.05) is 6.54 Å². The van der Waals surface area contributed by atoms with E-state index in [9.17, 15) is 14.7 Å². The zero-order valence-corrected chi connectivity index (χ0v) is 11.9. The van der Waals surface area contributed by atoms with E-state index in [0.29, 0.717) is 18.8 Å². The van der Waals surface area contributed by atoms with Gasteiger partial charge in [-0.05, 0) is 30.0 Å². The van der Waals surface area contributed by atoms with Crippen molar-refractivity contribution in [3.05, 3.63) is 29.8 Å². The minimum atomic E-state index is -0.587. The molecule has 5 nitrogen and oxygen atoms in total. The molecule has 1 amide bonds. The summed E-state index contributed by atoms with van der Waals surface area (Å²) in [5, 5.41) is 12.1. The molecule has 0 aliphatic carbocycles. The molecule has 0 heterocycles. The van der Waals surface area contributed by atoms with Gasteiger partial charge in [-0.15, -0.1) is 0 Å². The molecule has 0 radical (unpaired) electrons. The molecule has 1 rings (SSSR count). The highest BCUT2D eigenvalue weighted by Gasteiger charge is 2.17. The molecule has 0 bridgehead atoms. The van der Waals surface area contributed by atoms with Crippen molar-refractivity contribution in [3.63, 3.8) is 0 Å². The van der Waals surface area contributed by atoms with E-state index in [-0.39, 0.29) is 18.1 Å². The predicted molar refractivity (Wildman–Crippen MR) is 77.3 cm³/mol. The molecule has 0 aliphatic heterocycles. The Hall–Kier alpha value is -1.88. The highest BCUT2D eigenvalue weighted by molar-refractivity contribution is 5.83. The first-order valence-electron chi connectivity index (χ1n) is 6.70. The molecule has 0 aromatic heterocycles. The standard InChI is InChI=1S/C15H22N2O3/c1-10(2)7-13(19)9-17-14(15(16)20)8-11-3-5-12(18)6-4-11/h3-6,10,14,17-18H,7-9H2,1-2H3,(H2,16,20)/t14-/m0/s1. The van der Waals surface area contributed by atoms with Crippen LogP contribution in [-0.2, 0) is 16.0 Å². The van der Waals surface area contributed by atoms with Crippen molar-refractivity contribution in [1.29, 1.82) is 0 Å². The van der Waals surface area contributed by atoms with E-state index in [1.54, 1.807) is 24.3 Å². The SMILES string of the molecule is CC(C)CC(=O)CN[C@@H](Cc1ccc(O)cc1)C(N)=O. The fourth-order valence-corrected chi connectivity index (χ4v) is 1.91. The molecule has 5 heteroatoms. The summed E-state index contributed by atoms with van der Waals surface area (Å²) in [6.07, 6.45) is 0.877. The molecule has 0 saturated heterocycles. The number of amides is 1. The molecule has 110 valence electrons. The van der Waals surface area contributed by atoms with Crippen molar-refractivity contribution in [3.8, 4) is 5.75 Å². The van der Waals surface area contributed by atoms with Crippen molar-refractivity contribution < 1.29 is 14.7 Å². The van der Waals surface area contributed by atoms with E-state index in [1.807, 2.05) is 13.8 Å². The van der Waals surface area contributed by atoms with E-state index in [2.05, 4.69) is 5.32 Å². The van der Waals surface area contributed by atoms with Gasteiger partial charge >= 0.3 is 0 Å². The summed E-state index contributed by atoms with van der Waals surface area (Å²) in [7, 11) is 0. The molecule has 1 aromatic rings. The zero-order valence-electron chi connectivity index (χ0n) is 11.9. The van der Waals surface area contributed by atoms with Crippen molar-refractivity contribution in [2.45, 2.75) is 32.7 Å². The molecular formula is C15H22N2O3. The Kier molecular flexibility index (Phi) is 6.18. The number of carbonyl (C=O) groups excluding carboxylic acids is 2. The number of rotatable bonds is 8. The van der Waals surface area contributed by atoms with Crippen LogP contribution >= 0.6 is 0 Å². The van der Waals surface area contributed by atoms with Crippen LogP contribution in [0, 0.1) is 5.92 Å². The third kappa shape index (κ3) is 5.84. The van der Waals surface area contributed by atoms with Gasteiger partial charge in [0, 0.05) is 6.42 Å². The fraction of sp³-hybridized carbons (Fsp3) is 0.467. The van der Waals surface area contributed by atoms with Crippen LogP contribution in [-0.4, -0.2) is 29.4 Å². The normalized spacial score (nSPS) is 12.3. The van der Waals surface area contributed by atoms with Gasteiger partial charge in [-0.3, -0.25) is 14.9 Å². The second kappa shape index (κ2) is 7.65. The summed E-state index contributed by atoms with van der Waals surface area (Å²) < 4.78 is 0.